The van der Waals surface area contributed by atoms with E-state index in [1.807, 2.05) is 13.1 Å². The second kappa shape index (κ2) is 6.21. The normalized spacial score (nSPS) is 12.1. The van der Waals surface area contributed by atoms with Crippen molar-refractivity contribution in [3.05, 3.63) is 35.5 Å². The van der Waals surface area contributed by atoms with Crippen molar-refractivity contribution in [3.63, 3.8) is 0 Å². The molecule has 112 valence electrons. The average molecular weight is 292 g/mol. The molecule has 0 saturated carbocycles. The van der Waals surface area contributed by atoms with Gasteiger partial charge in [0.25, 0.3) is 5.91 Å². The molecule has 0 radical (unpaired) electrons. The zero-order chi connectivity index (χ0) is 15.4. The van der Waals surface area contributed by atoms with Crippen LogP contribution in [0, 0.1) is 6.92 Å². The van der Waals surface area contributed by atoms with Crippen LogP contribution in [-0.2, 0) is 11.3 Å². The molecule has 2 heterocycles. The van der Waals surface area contributed by atoms with Gasteiger partial charge in [0.2, 0.25) is 0 Å². The fourth-order valence-electron chi connectivity index (χ4n) is 1.82. The number of amides is 1. The highest BCUT2D eigenvalue weighted by Gasteiger charge is 2.16. The molecular formula is C13H16N4O4. The van der Waals surface area contributed by atoms with Crippen molar-refractivity contribution in [2.75, 3.05) is 0 Å². The number of hydrogen-bond donors (Lipinski definition) is 2. The molecule has 0 aliphatic rings. The van der Waals surface area contributed by atoms with E-state index in [4.69, 9.17) is 9.63 Å². The second-order valence-corrected chi connectivity index (χ2v) is 4.87. The van der Waals surface area contributed by atoms with Crippen LogP contribution in [0.2, 0.25) is 0 Å². The number of nitrogens with one attached hydrogen (secondary N) is 1. The first-order valence-corrected chi connectivity index (χ1v) is 6.41. The van der Waals surface area contributed by atoms with E-state index in [-0.39, 0.29) is 12.1 Å². The van der Waals surface area contributed by atoms with Crippen LogP contribution in [0.15, 0.2) is 23.0 Å². The Hall–Kier alpha value is -2.64. The minimum absolute atomic E-state index is 0.117. The quantitative estimate of drug-likeness (QED) is 0.815. The smallest absolute Gasteiger partial charge is 0.305 e. The van der Waals surface area contributed by atoms with Gasteiger partial charge >= 0.3 is 5.97 Å². The number of rotatable bonds is 6. The molecule has 2 N–H and O–H groups in total. The van der Waals surface area contributed by atoms with Gasteiger partial charge in [-0.25, -0.2) is 0 Å². The van der Waals surface area contributed by atoms with Crippen LogP contribution in [0.5, 0.6) is 0 Å². The summed E-state index contributed by atoms with van der Waals surface area (Å²) in [7, 11) is 0. The summed E-state index contributed by atoms with van der Waals surface area (Å²) >= 11 is 0. The lowest BCUT2D eigenvalue weighted by molar-refractivity contribution is -0.137. The van der Waals surface area contributed by atoms with E-state index in [0.29, 0.717) is 12.3 Å². The highest BCUT2D eigenvalue weighted by atomic mass is 16.5. The van der Waals surface area contributed by atoms with Crippen molar-refractivity contribution >= 4 is 11.9 Å². The fourth-order valence-corrected chi connectivity index (χ4v) is 1.82. The molecule has 0 saturated heterocycles. The van der Waals surface area contributed by atoms with E-state index in [1.165, 1.54) is 6.07 Å². The van der Waals surface area contributed by atoms with E-state index in [0.717, 1.165) is 5.56 Å². The number of hydrogen-bond acceptors (Lipinski definition) is 5. The van der Waals surface area contributed by atoms with Crippen LogP contribution >= 0.6 is 0 Å². The molecule has 2 aromatic rings. The summed E-state index contributed by atoms with van der Waals surface area (Å²) in [6.07, 6.45) is 3.41. The molecular weight excluding hydrogens is 276 g/mol. The van der Waals surface area contributed by atoms with Gasteiger partial charge in [-0.05, 0) is 19.4 Å². The van der Waals surface area contributed by atoms with Gasteiger partial charge in [0, 0.05) is 18.3 Å². The fraction of sp³-hybridized carbons (Fsp3) is 0.385. The third kappa shape index (κ3) is 4.16. The lowest BCUT2D eigenvalue weighted by atomic mass is 10.2. The van der Waals surface area contributed by atoms with Crippen LogP contribution in [0.4, 0.5) is 0 Å². The summed E-state index contributed by atoms with van der Waals surface area (Å²) in [5, 5.41) is 19.0. The Kier molecular flexibility index (Phi) is 4.36. The van der Waals surface area contributed by atoms with E-state index >= 15 is 0 Å². The molecule has 0 bridgehead atoms. The van der Waals surface area contributed by atoms with E-state index < -0.39 is 17.9 Å². The molecule has 8 heteroatoms. The number of aromatic nitrogens is 3. The SMILES string of the molecule is Cc1cnn(Cc2cc(C(=O)NC(C)CC(=O)O)no2)c1. The Balaban J connectivity index is 1.95. The molecule has 8 nitrogen and oxygen atoms in total. The Morgan fingerprint density at radius 3 is 2.90 bits per heavy atom. The minimum Gasteiger partial charge on any atom is -0.481 e. The van der Waals surface area contributed by atoms with E-state index in [2.05, 4.69) is 15.6 Å². The summed E-state index contributed by atoms with van der Waals surface area (Å²) in [5.41, 5.74) is 1.14. The summed E-state index contributed by atoms with van der Waals surface area (Å²) in [6, 6.07) is 1.03. The van der Waals surface area contributed by atoms with Crippen molar-refractivity contribution in [3.8, 4) is 0 Å². The van der Waals surface area contributed by atoms with E-state index in [1.54, 1.807) is 17.8 Å². The maximum absolute atomic E-state index is 11.9. The molecule has 2 aromatic heterocycles. The summed E-state index contributed by atoms with van der Waals surface area (Å²) in [6.45, 7) is 3.91. The molecule has 0 aliphatic heterocycles. The van der Waals surface area contributed by atoms with Gasteiger partial charge < -0.3 is 14.9 Å². The van der Waals surface area contributed by atoms with Gasteiger partial charge in [0.05, 0.1) is 12.6 Å². The highest BCUT2D eigenvalue weighted by Crippen LogP contribution is 2.07. The number of aryl methyl sites for hydroxylation is 1. The number of carbonyl (C=O) groups is 2. The first kappa shape index (κ1) is 14.8. The van der Waals surface area contributed by atoms with Gasteiger partial charge in [-0.1, -0.05) is 5.16 Å². The number of aliphatic carboxylic acids is 1. The maximum Gasteiger partial charge on any atom is 0.305 e. The topological polar surface area (TPSA) is 110 Å². The first-order valence-electron chi connectivity index (χ1n) is 6.41. The predicted molar refractivity (Wildman–Crippen MR) is 71.8 cm³/mol. The number of carboxylic acids is 1. The van der Waals surface area contributed by atoms with Crippen molar-refractivity contribution in [2.45, 2.75) is 32.9 Å². The van der Waals surface area contributed by atoms with Gasteiger partial charge in [-0.2, -0.15) is 5.10 Å². The lowest BCUT2D eigenvalue weighted by Gasteiger charge is -2.09. The Bertz CT molecular complexity index is 646. The van der Waals surface area contributed by atoms with Crippen LogP contribution in [0.1, 0.15) is 35.2 Å². The zero-order valence-electron chi connectivity index (χ0n) is 11.7. The number of nitrogens with zero attached hydrogens (tertiary/aromatic N) is 3. The molecule has 0 aromatic carbocycles. The third-order valence-electron chi connectivity index (χ3n) is 2.73. The van der Waals surface area contributed by atoms with Crippen molar-refractivity contribution in [1.29, 1.82) is 0 Å². The van der Waals surface area contributed by atoms with E-state index in [9.17, 15) is 9.59 Å². The molecule has 1 amide bonds. The molecule has 1 unspecified atom stereocenters. The molecule has 0 aliphatic carbocycles. The van der Waals surface area contributed by atoms with Crippen molar-refractivity contribution < 1.29 is 19.2 Å². The number of carboxylic acid groups (broad SMARTS) is 1. The predicted octanol–water partition coefficient (Wildman–Crippen LogP) is 0.821. The standard InChI is InChI=1S/C13H16N4O4/c1-8-5-14-17(6-8)7-10-4-11(16-21-10)13(20)15-9(2)3-12(18)19/h4-6,9H,3,7H2,1-2H3,(H,15,20)(H,18,19). The van der Waals surface area contributed by atoms with Gasteiger partial charge in [0.15, 0.2) is 11.5 Å². The Labute approximate surface area is 120 Å². The first-order chi connectivity index (χ1) is 9.94. The summed E-state index contributed by atoms with van der Waals surface area (Å²) in [4.78, 5) is 22.4. The molecule has 2 rings (SSSR count). The highest BCUT2D eigenvalue weighted by molar-refractivity contribution is 5.92. The summed E-state index contributed by atoms with van der Waals surface area (Å²) in [5.74, 6) is -0.942. The Morgan fingerprint density at radius 1 is 1.52 bits per heavy atom. The van der Waals surface area contributed by atoms with Crippen LogP contribution in [-0.4, -0.2) is 38.0 Å². The second-order valence-electron chi connectivity index (χ2n) is 4.87. The third-order valence-corrected chi connectivity index (χ3v) is 2.73. The van der Waals surface area contributed by atoms with Gasteiger partial charge in [-0.15, -0.1) is 0 Å². The van der Waals surface area contributed by atoms with Crippen molar-refractivity contribution in [1.82, 2.24) is 20.3 Å². The van der Waals surface area contributed by atoms with Crippen LogP contribution < -0.4 is 5.32 Å². The average Bonchev–Trinajstić information content (AvgIpc) is 2.98. The Morgan fingerprint density at radius 2 is 2.29 bits per heavy atom. The van der Waals surface area contributed by atoms with Gasteiger partial charge in [-0.3, -0.25) is 14.3 Å². The maximum atomic E-state index is 11.9. The summed E-state index contributed by atoms with van der Waals surface area (Å²) < 4.78 is 6.74. The van der Waals surface area contributed by atoms with Gasteiger partial charge in [0.1, 0.15) is 6.54 Å². The van der Waals surface area contributed by atoms with Crippen LogP contribution in [0.25, 0.3) is 0 Å². The monoisotopic (exact) mass is 292 g/mol. The molecule has 0 fully saturated rings. The molecule has 1 atom stereocenters. The van der Waals surface area contributed by atoms with Crippen LogP contribution in [0.3, 0.4) is 0 Å². The minimum atomic E-state index is -0.974. The van der Waals surface area contributed by atoms with Crippen molar-refractivity contribution in [2.24, 2.45) is 0 Å². The number of carbonyl (C=O) groups excluding carboxylic acids is 1. The molecule has 21 heavy (non-hydrogen) atoms. The zero-order valence-corrected chi connectivity index (χ0v) is 11.7. The largest absolute Gasteiger partial charge is 0.481 e. The lowest BCUT2D eigenvalue weighted by Crippen LogP contribution is -2.34. The molecule has 0 spiro atoms.